The maximum Gasteiger partial charge on any atom is 0.150 e. The SMILES string of the molecule is C=C/C=C(\C=C/C)c1ccc2ccc(-c3nc(C4CC(N5CCNCC5)C4)n4ccnc(N)c34)cc2n1.CC. The number of nitrogens with two attached hydrogens (primary N) is 1. The monoisotopic (exact) mass is 521 g/mol. The molecule has 3 N–H and O–H groups in total. The molecule has 2 aliphatic rings. The van der Waals surface area contributed by atoms with E-state index < -0.39 is 0 Å². The standard InChI is InChI=1S/C30H33N7.C2H6/c1-3-5-20(6-4-2)25-10-9-21-7-8-22(19-26(21)34-25)27-28-29(31)33-13-16-37(28)30(35-27)23-17-24(18-23)36-14-11-32-12-15-36;1-2/h3-10,13,16,19,23-24,32H,1,11-12,14-15,17-18H2,2H3,(H2,31,33);1-2H3/b6-4-,20-5+;. The van der Waals surface area contributed by atoms with Crippen molar-refractivity contribution >= 4 is 27.8 Å². The molecular weight excluding hydrogens is 482 g/mol. The van der Waals surface area contributed by atoms with Crippen molar-refractivity contribution in [3.8, 4) is 11.3 Å². The van der Waals surface area contributed by atoms with Gasteiger partial charge in [0.15, 0.2) is 0 Å². The van der Waals surface area contributed by atoms with Gasteiger partial charge in [-0.25, -0.2) is 15.0 Å². The van der Waals surface area contributed by atoms with Crippen molar-refractivity contribution in [2.75, 3.05) is 31.9 Å². The van der Waals surface area contributed by atoms with E-state index in [0.717, 1.165) is 83.8 Å². The predicted molar refractivity (Wildman–Crippen MR) is 163 cm³/mol. The second-order valence-electron chi connectivity index (χ2n) is 9.92. The van der Waals surface area contributed by atoms with Crippen LogP contribution in [0.1, 0.15) is 51.0 Å². The summed E-state index contributed by atoms with van der Waals surface area (Å²) in [5.41, 5.74) is 12.0. The summed E-state index contributed by atoms with van der Waals surface area (Å²) < 4.78 is 2.15. The van der Waals surface area contributed by atoms with E-state index in [1.165, 1.54) is 0 Å². The molecule has 7 heteroatoms. The van der Waals surface area contributed by atoms with Gasteiger partial charge in [-0.2, -0.15) is 0 Å². The number of benzene rings is 1. The predicted octanol–water partition coefficient (Wildman–Crippen LogP) is 5.85. The lowest BCUT2D eigenvalue weighted by Crippen LogP contribution is -2.52. The summed E-state index contributed by atoms with van der Waals surface area (Å²) in [6.45, 7) is 14.3. The van der Waals surface area contributed by atoms with Crippen LogP contribution in [0.5, 0.6) is 0 Å². The van der Waals surface area contributed by atoms with Gasteiger partial charge in [-0.3, -0.25) is 9.30 Å². The highest BCUT2D eigenvalue weighted by atomic mass is 15.2. The Morgan fingerprint density at radius 3 is 2.62 bits per heavy atom. The number of nitrogen functional groups attached to an aromatic ring is 1. The number of nitrogens with zero attached hydrogens (tertiary/aromatic N) is 5. The molecule has 0 amide bonds. The van der Waals surface area contributed by atoms with Crippen LogP contribution in [0.2, 0.25) is 0 Å². The molecule has 1 aromatic carbocycles. The van der Waals surface area contributed by atoms with Gasteiger partial charge in [0.25, 0.3) is 0 Å². The third-order valence-electron chi connectivity index (χ3n) is 7.66. The number of fused-ring (bicyclic) bond motifs is 2. The summed E-state index contributed by atoms with van der Waals surface area (Å²) in [5.74, 6) is 2.00. The van der Waals surface area contributed by atoms with Crippen LogP contribution in [-0.2, 0) is 0 Å². The Kier molecular flexibility index (Phi) is 8.19. The van der Waals surface area contributed by atoms with Crippen LogP contribution in [0.15, 0.2) is 73.6 Å². The van der Waals surface area contributed by atoms with Gasteiger partial charge in [-0.1, -0.05) is 62.9 Å². The maximum absolute atomic E-state index is 6.43. The molecule has 0 radical (unpaired) electrons. The molecule has 202 valence electrons. The van der Waals surface area contributed by atoms with Crippen LogP contribution in [-0.4, -0.2) is 56.5 Å². The van der Waals surface area contributed by atoms with Crippen LogP contribution in [0.25, 0.3) is 33.3 Å². The average molecular weight is 522 g/mol. The number of aromatic nitrogens is 4. The Morgan fingerprint density at radius 2 is 1.87 bits per heavy atom. The highest BCUT2D eigenvalue weighted by Gasteiger charge is 2.37. The first kappa shape index (κ1) is 26.8. The largest absolute Gasteiger partial charge is 0.382 e. The molecule has 4 heterocycles. The third-order valence-corrected chi connectivity index (χ3v) is 7.66. The normalized spacial score (nSPS) is 20.1. The molecule has 0 spiro atoms. The van der Waals surface area contributed by atoms with Gasteiger partial charge >= 0.3 is 0 Å². The van der Waals surface area contributed by atoms with Gasteiger partial charge < -0.3 is 11.1 Å². The molecule has 1 saturated heterocycles. The minimum atomic E-state index is 0.417. The minimum absolute atomic E-state index is 0.417. The number of allylic oxidation sites excluding steroid dienone is 5. The number of rotatable bonds is 6. The second-order valence-corrected chi connectivity index (χ2v) is 9.92. The molecule has 1 aliphatic heterocycles. The molecular formula is C32H39N7. The zero-order valence-electron chi connectivity index (χ0n) is 23.3. The lowest BCUT2D eigenvalue weighted by atomic mass is 9.78. The van der Waals surface area contributed by atoms with E-state index in [0.29, 0.717) is 17.8 Å². The van der Waals surface area contributed by atoms with Crippen LogP contribution >= 0.6 is 0 Å². The van der Waals surface area contributed by atoms with Crippen molar-refractivity contribution in [2.45, 2.75) is 45.6 Å². The zero-order chi connectivity index (χ0) is 27.4. The fraction of sp³-hybridized carbons (Fsp3) is 0.344. The Bertz CT molecular complexity index is 1520. The van der Waals surface area contributed by atoms with Gasteiger partial charge in [-0.15, -0.1) is 0 Å². The first-order valence-electron chi connectivity index (χ1n) is 14.1. The Hall–Kier alpha value is -3.81. The van der Waals surface area contributed by atoms with Crippen molar-refractivity contribution in [1.29, 1.82) is 0 Å². The number of piperazine rings is 1. The summed E-state index contributed by atoms with van der Waals surface area (Å²) in [5, 5.41) is 4.53. The van der Waals surface area contributed by atoms with E-state index in [2.05, 4.69) is 56.5 Å². The molecule has 6 rings (SSSR count). The second kappa shape index (κ2) is 11.9. The van der Waals surface area contributed by atoms with Gasteiger partial charge in [-0.05, 0) is 37.5 Å². The van der Waals surface area contributed by atoms with Gasteiger partial charge in [0, 0.05) is 61.5 Å². The molecule has 1 saturated carbocycles. The average Bonchev–Trinajstić information content (AvgIpc) is 3.34. The summed E-state index contributed by atoms with van der Waals surface area (Å²) >= 11 is 0. The number of imidazole rings is 1. The van der Waals surface area contributed by atoms with E-state index in [4.69, 9.17) is 15.7 Å². The van der Waals surface area contributed by atoms with Crippen molar-refractivity contribution < 1.29 is 0 Å². The molecule has 0 unspecified atom stereocenters. The maximum atomic E-state index is 6.43. The first-order valence-corrected chi connectivity index (χ1v) is 14.1. The third kappa shape index (κ3) is 5.24. The lowest BCUT2D eigenvalue weighted by molar-refractivity contribution is 0.0928. The zero-order valence-corrected chi connectivity index (χ0v) is 23.3. The number of nitrogens with one attached hydrogen (secondary N) is 1. The fourth-order valence-corrected chi connectivity index (χ4v) is 5.68. The minimum Gasteiger partial charge on any atom is -0.382 e. The molecule has 39 heavy (non-hydrogen) atoms. The smallest absolute Gasteiger partial charge is 0.150 e. The highest BCUT2D eigenvalue weighted by molar-refractivity contribution is 5.91. The Labute approximate surface area is 231 Å². The van der Waals surface area contributed by atoms with Gasteiger partial charge in [0.1, 0.15) is 22.9 Å². The topological polar surface area (TPSA) is 84.4 Å². The summed E-state index contributed by atoms with van der Waals surface area (Å²) in [6.07, 6.45) is 13.9. The first-order chi connectivity index (χ1) is 19.2. The highest BCUT2D eigenvalue weighted by Crippen LogP contribution is 2.42. The van der Waals surface area contributed by atoms with E-state index in [1.54, 1.807) is 12.3 Å². The Morgan fingerprint density at radius 1 is 1.10 bits per heavy atom. The van der Waals surface area contributed by atoms with Crippen molar-refractivity contribution in [3.63, 3.8) is 0 Å². The van der Waals surface area contributed by atoms with E-state index in [9.17, 15) is 0 Å². The molecule has 0 bridgehead atoms. The van der Waals surface area contributed by atoms with E-state index in [1.807, 2.05) is 45.2 Å². The number of anilines is 1. The van der Waals surface area contributed by atoms with Crippen molar-refractivity contribution in [1.82, 2.24) is 29.6 Å². The van der Waals surface area contributed by atoms with Crippen LogP contribution in [0.4, 0.5) is 5.82 Å². The van der Waals surface area contributed by atoms with Crippen LogP contribution in [0, 0.1) is 0 Å². The molecule has 2 fully saturated rings. The number of pyridine rings is 1. The number of hydrogen-bond acceptors (Lipinski definition) is 6. The van der Waals surface area contributed by atoms with Gasteiger partial charge in [0.2, 0.25) is 0 Å². The quantitative estimate of drug-likeness (QED) is 0.310. The molecule has 3 aromatic heterocycles. The molecule has 7 nitrogen and oxygen atoms in total. The van der Waals surface area contributed by atoms with E-state index in [-0.39, 0.29) is 0 Å². The van der Waals surface area contributed by atoms with E-state index >= 15 is 0 Å². The van der Waals surface area contributed by atoms with Crippen molar-refractivity contribution in [2.24, 2.45) is 0 Å². The van der Waals surface area contributed by atoms with Crippen LogP contribution < -0.4 is 11.1 Å². The molecule has 4 aromatic rings. The Balaban J connectivity index is 0.00000151. The van der Waals surface area contributed by atoms with Gasteiger partial charge in [0.05, 0.1) is 11.2 Å². The number of hydrogen-bond donors (Lipinski definition) is 2. The molecule has 0 atom stereocenters. The molecule has 1 aliphatic carbocycles. The lowest BCUT2D eigenvalue weighted by Gasteiger charge is -2.44. The fourth-order valence-electron chi connectivity index (χ4n) is 5.68. The summed E-state index contributed by atoms with van der Waals surface area (Å²) in [7, 11) is 0. The van der Waals surface area contributed by atoms with Crippen molar-refractivity contribution in [3.05, 3.63) is 85.1 Å². The summed E-state index contributed by atoms with van der Waals surface area (Å²) in [4.78, 5) is 17.2. The van der Waals surface area contributed by atoms with Crippen LogP contribution in [0.3, 0.4) is 0 Å². The summed E-state index contributed by atoms with van der Waals surface area (Å²) in [6, 6.07) is 11.1.